The zero-order valence-corrected chi connectivity index (χ0v) is 10.9. The van der Waals surface area contributed by atoms with Crippen molar-refractivity contribution in [1.29, 1.82) is 0 Å². The second-order valence-corrected chi connectivity index (χ2v) is 4.32. The van der Waals surface area contributed by atoms with E-state index in [4.69, 9.17) is 0 Å². The number of amides is 2. The summed E-state index contributed by atoms with van der Waals surface area (Å²) < 4.78 is 0. The molecular formula is C14H22N2O2. The fourth-order valence-corrected chi connectivity index (χ4v) is 1.67. The van der Waals surface area contributed by atoms with Crippen LogP contribution in [-0.4, -0.2) is 30.3 Å². The molecule has 0 saturated carbocycles. The van der Waals surface area contributed by atoms with Gasteiger partial charge in [-0.05, 0) is 18.4 Å². The van der Waals surface area contributed by atoms with Crippen molar-refractivity contribution in [2.24, 2.45) is 0 Å². The van der Waals surface area contributed by atoms with Crippen LogP contribution in [0.2, 0.25) is 0 Å². The number of hydrogen-bond donors (Lipinski definition) is 3. The van der Waals surface area contributed by atoms with Crippen LogP contribution in [0.5, 0.6) is 0 Å². The van der Waals surface area contributed by atoms with Crippen molar-refractivity contribution in [1.82, 2.24) is 10.6 Å². The van der Waals surface area contributed by atoms with Gasteiger partial charge in [-0.25, -0.2) is 4.79 Å². The maximum Gasteiger partial charge on any atom is 0.315 e. The normalized spacial score (nSPS) is 11.9. The molecule has 0 radical (unpaired) electrons. The summed E-state index contributed by atoms with van der Waals surface area (Å²) in [6.45, 7) is 2.69. The molecule has 3 N–H and O–H groups in total. The molecule has 0 aromatic heterocycles. The summed E-state index contributed by atoms with van der Waals surface area (Å²) in [6, 6.07) is 9.37. The van der Waals surface area contributed by atoms with Gasteiger partial charge in [0.1, 0.15) is 0 Å². The molecule has 0 aliphatic heterocycles. The monoisotopic (exact) mass is 250 g/mol. The Morgan fingerprint density at radius 1 is 1.33 bits per heavy atom. The first-order valence-corrected chi connectivity index (χ1v) is 6.45. The zero-order chi connectivity index (χ0) is 13.2. The Bertz CT molecular complexity index is 341. The molecule has 100 valence electrons. The van der Waals surface area contributed by atoms with Crippen molar-refractivity contribution >= 4 is 6.03 Å². The number of carbonyl (C=O) groups excluding carboxylic acids is 1. The molecule has 0 heterocycles. The van der Waals surface area contributed by atoms with Crippen molar-refractivity contribution < 1.29 is 9.90 Å². The van der Waals surface area contributed by atoms with Gasteiger partial charge in [0.25, 0.3) is 0 Å². The molecule has 1 aromatic rings. The Morgan fingerprint density at radius 3 is 2.67 bits per heavy atom. The topological polar surface area (TPSA) is 61.4 Å². The Kier molecular flexibility index (Phi) is 6.87. The Labute approximate surface area is 108 Å². The van der Waals surface area contributed by atoms with E-state index >= 15 is 0 Å². The van der Waals surface area contributed by atoms with Crippen LogP contribution in [0.1, 0.15) is 25.3 Å². The third-order valence-electron chi connectivity index (χ3n) is 2.70. The largest absolute Gasteiger partial charge is 0.394 e. The van der Waals surface area contributed by atoms with Crippen LogP contribution in [0.25, 0.3) is 0 Å². The molecule has 1 atom stereocenters. The van der Waals surface area contributed by atoms with Gasteiger partial charge >= 0.3 is 6.03 Å². The van der Waals surface area contributed by atoms with Gasteiger partial charge < -0.3 is 15.7 Å². The number of aliphatic hydroxyl groups is 1. The molecule has 4 heteroatoms. The number of unbranched alkanes of at least 4 members (excludes halogenated alkanes) is 1. The number of hydrogen-bond acceptors (Lipinski definition) is 2. The first kappa shape index (κ1) is 14.5. The van der Waals surface area contributed by atoms with Crippen LogP contribution in [0.15, 0.2) is 30.3 Å². The fourth-order valence-electron chi connectivity index (χ4n) is 1.67. The predicted octanol–water partition coefficient (Wildman–Crippen LogP) is 1.69. The summed E-state index contributed by atoms with van der Waals surface area (Å²) in [5.41, 5.74) is 1.10. The number of urea groups is 1. The Morgan fingerprint density at radius 2 is 2.06 bits per heavy atom. The van der Waals surface area contributed by atoms with E-state index in [1.54, 1.807) is 0 Å². The highest BCUT2D eigenvalue weighted by atomic mass is 16.3. The molecular weight excluding hydrogens is 228 g/mol. The van der Waals surface area contributed by atoms with Gasteiger partial charge in [0.15, 0.2) is 0 Å². The molecule has 0 spiro atoms. The number of rotatable bonds is 7. The van der Waals surface area contributed by atoms with E-state index < -0.39 is 0 Å². The van der Waals surface area contributed by atoms with Gasteiger partial charge in [0.05, 0.1) is 12.6 Å². The summed E-state index contributed by atoms with van der Waals surface area (Å²) >= 11 is 0. The number of aliphatic hydroxyl groups excluding tert-OH is 1. The van der Waals surface area contributed by atoms with Gasteiger partial charge in [-0.2, -0.15) is 0 Å². The molecule has 0 unspecified atom stereocenters. The van der Waals surface area contributed by atoms with E-state index in [0.29, 0.717) is 13.0 Å². The van der Waals surface area contributed by atoms with Gasteiger partial charge in [0.2, 0.25) is 0 Å². The molecule has 0 fully saturated rings. The van der Waals surface area contributed by atoms with Crippen LogP contribution in [-0.2, 0) is 6.42 Å². The van der Waals surface area contributed by atoms with Crippen molar-refractivity contribution in [3.63, 3.8) is 0 Å². The summed E-state index contributed by atoms with van der Waals surface area (Å²) in [7, 11) is 0. The first-order chi connectivity index (χ1) is 8.76. The van der Waals surface area contributed by atoms with Crippen LogP contribution in [0, 0.1) is 0 Å². The van der Waals surface area contributed by atoms with Gasteiger partial charge in [0, 0.05) is 6.54 Å². The number of nitrogens with one attached hydrogen (secondary N) is 2. The lowest BCUT2D eigenvalue weighted by Gasteiger charge is -2.16. The quantitative estimate of drug-likeness (QED) is 0.645. The molecule has 1 rings (SSSR count). The second kappa shape index (κ2) is 8.53. The minimum atomic E-state index is -0.242. The highest BCUT2D eigenvalue weighted by molar-refractivity contribution is 5.74. The third kappa shape index (κ3) is 5.68. The van der Waals surface area contributed by atoms with Crippen molar-refractivity contribution in [3.05, 3.63) is 35.9 Å². The molecule has 2 amide bonds. The molecule has 0 aliphatic carbocycles. The van der Waals surface area contributed by atoms with Crippen LogP contribution < -0.4 is 10.6 Å². The summed E-state index contributed by atoms with van der Waals surface area (Å²) in [4.78, 5) is 11.5. The van der Waals surface area contributed by atoms with E-state index in [-0.39, 0.29) is 18.7 Å². The zero-order valence-electron chi connectivity index (χ0n) is 10.9. The Hall–Kier alpha value is -1.55. The van der Waals surface area contributed by atoms with Crippen molar-refractivity contribution in [2.75, 3.05) is 13.2 Å². The van der Waals surface area contributed by atoms with E-state index in [1.807, 2.05) is 30.3 Å². The first-order valence-electron chi connectivity index (χ1n) is 6.45. The lowest BCUT2D eigenvalue weighted by molar-refractivity contribution is 0.216. The third-order valence-corrected chi connectivity index (χ3v) is 2.70. The average Bonchev–Trinajstić information content (AvgIpc) is 2.39. The summed E-state index contributed by atoms with van der Waals surface area (Å²) in [5, 5.41) is 14.8. The lowest BCUT2D eigenvalue weighted by Crippen LogP contribution is -2.45. The van der Waals surface area contributed by atoms with Crippen LogP contribution >= 0.6 is 0 Å². The molecule has 0 bridgehead atoms. The fraction of sp³-hybridized carbons (Fsp3) is 0.500. The van der Waals surface area contributed by atoms with E-state index in [1.165, 1.54) is 0 Å². The second-order valence-electron chi connectivity index (χ2n) is 4.32. The molecule has 0 aliphatic rings. The Balaban J connectivity index is 2.35. The standard InChI is InChI=1S/C14H22N2O2/c1-2-3-9-15-14(18)16-13(11-17)10-12-7-5-4-6-8-12/h4-8,13,17H,2-3,9-11H2,1H3,(H2,15,16,18)/t13-/m0/s1. The molecule has 4 nitrogen and oxygen atoms in total. The van der Waals surface area contributed by atoms with Crippen molar-refractivity contribution in [3.8, 4) is 0 Å². The van der Waals surface area contributed by atoms with Crippen molar-refractivity contribution in [2.45, 2.75) is 32.2 Å². The maximum absolute atomic E-state index is 11.5. The van der Waals surface area contributed by atoms with Crippen LogP contribution in [0.3, 0.4) is 0 Å². The highest BCUT2D eigenvalue weighted by Gasteiger charge is 2.11. The molecule has 1 aromatic carbocycles. The van der Waals surface area contributed by atoms with E-state index in [2.05, 4.69) is 17.6 Å². The van der Waals surface area contributed by atoms with E-state index in [9.17, 15) is 9.90 Å². The minimum Gasteiger partial charge on any atom is -0.394 e. The summed E-state index contributed by atoms with van der Waals surface area (Å²) in [6.07, 6.45) is 2.65. The predicted molar refractivity (Wildman–Crippen MR) is 72.5 cm³/mol. The van der Waals surface area contributed by atoms with Gasteiger partial charge in [-0.1, -0.05) is 43.7 Å². The smallest absolute Gasteiger partial charge is 0.315 e. The molecule has 18 heavy (non-hydrogen) atoms. The lowest BCUT2D eigenvalue weighted by atomic mass is 10.1. The summed E-state index contributed by atoms with van der Waals surface area (Å²) in [5.74, 6) is 0. The maximum atomic E-state index is 11.5. The number of carbonyl (C=O) groups is 1. The van der Waals surface area contributed by atoms with Crippen LogP contribution in [0.4, 0.5) is 4.79 Å². The number of benzene rings is 1. The highest BCUT2D eigenvalue weighted by Crippen LogP contribution is 2.02. The molecule has 0 saturated heterocycles. The van der Waals surface area contributed by atoms with E-state index in [0.717, 1.165) is 18.4 Å². The minimum absolute atomic E-state index is 0.0594. The van der Waals surface area contributed by atoms with Gasteiger partial charge in [-0.15, -0.1) is 0 Å². The SMILES string of the molecule is CCCCNC(=O)N[C@H](CO)Cc1ccccc1. The van der Waals surface area contributed by atoms with Gasteiger partial charge in [-0.3, -0.25) is 0 Å². The average molecular weight is 250 g/mol.